The minimum Gasteiger partial charge on any atom is -0.486 e. The van der Waals surface area contributed by atoms with Gasteiger partial charge in [0.2, 0.25) is 5.91 Å². The summed E-state index contributed by atoms with van der Waals surface area (Å²) in [5.74, 6) is -0.255. The van der Waals surface area contributed by atoms with Gasteiger partial charge in [-0.25, -0.2) is 12.8 Å². The van der Waals surface area contributed by atoms with E-state index in [9.17, 15) is 17.6 Å². The molecule has 0 unspecified atom stereocenters. The molecule has 0 saturated heterocycles. The lowest BCUT2D eigenvalue weighted by Gasteiger charge is -2.26. The molecule has 7 nitrogen and oxygen atoms in total. The molecule has 1 atom stereocenters. The van der Waals surface area contributed by atoms with E-state index in [1.54, 1.807) is 0 Å². The van der Waals surface area contributed by atoms with Crippen LogP contribution in [-0.2, 0) is 14.8 Å². The normalized spacial score (nSPS) is 13.7. The van der Waals surface area contributed by atoms with Gasteiger partial charge >= 0.3 is 0 Å². The fraction of sp³-hybridized carbons (Fsp3) is 0.269. The van der Waals surface area contributed by atoms with Crippen molar-refractivity contribution in [2.24, 2.45) is 0 Å². The van der Waals surface area contributed by atoms with Crippen molar-refractivity contribution >= 4 is 21.6 Å². The maximum atomic E-state index is 13.6. The van der Waals surface area contributed by atoms with Gasteiger partial charge in [-0.05, 0) is 68.3 Å². The van der Waals surface area contributed by atoms with Gasteiger partial charge in [0.1, 0.15) is 25.6 Å². The molecule has 9 heteroatoms. The van der Waals surface area contributed by atoms with Gasteiger partial charge in [-0.1, -0.05) is 23.8 Å². The molecule has 0 fully saturated rings. The highest BCUT2D eigenvalue weighted by Crippen LogP contribution is 2.34. The van der Waals surface area contributed by atoms with Crippen LogP contribution in [-0.4, -0.2) is 34.1 Å². The summed E-state index contributed by atoms with van der Waals surface area (Å²) in [4.78, 5) is 13.0. The molecule has 4 rings (SSSR count). The standard InChI is InChI=1S/C26H27FN2O5S/c1-17-4-10-23(18(2)14-17)19(3)28-26(30)16-29(21-7-5-20(27)6-8-21)35(31,32)22-9-11-24-25(15-22)34-13-12-33-24/h4-11,14-15,19H,12-13,16H2,1-3H3,(H,28,30)/t19-/m1/s1. The summed E-state index contributed by atoms with van der Waals surface area (Å²) in [7, 11) is -4.20. The summed E-state index contributed by atoms with van der Waals surface area (Å²) in [5.41, 5.74) is 3.23. The van der Waals surface area contributed by atoms with Gasteiger partial charge in [-0.2, -0.15) is 0 Å². The lowest BCUT2D eigenvalue weighted by molar-refractivity contribution is -0.120. The number of rotatable bonds is 7. The second-order valence-corrected chi connectivity index (χ2v) is 10.3. The summed E-state index contributed by atoms with van der Waals surface area (Å²) < 4.78 is 52.8. The van der Waals surface area contributed by atoms with E-state index in [4.69, 9.17) is 9.47 Å². The maximum Gasteiger partial charge on any atom is 0.264 e. The number of anilines is 1. The number of nitrogens with zero attached hydrogens (tertiary/aromatic N) is 1. The number of benzene rings is 3. The van der Waals surface area contributed by atoms with E-state index >= 15 is 0 Å². The van der Waals surface area contributed by atoms with Crippen molar-refractivity contribution in [3.05, 3.63) is 83.2 Å². The molecule has 1 N–H and O–H groups in total. The molecule has 0 radical (unpaired) electrons. The highest BCUT2D eigenvalue weighted by Gasteiger charge is 2.29. The summed E-state index contributed by atoms with van der Waals surface area (Å²) >= 11 is 0. The number of hydrogen-bond acceptors (Lipinski definition) is 5. The Balaban J connectivity index is 1.63. The van der Waals surface area contributed by atoms with Gasteiger partial charge in [0.05, 0.1) is 16.6 Å². The van der Waals surface area contributed by atoms with Crippen LogP contribution in [0.1, 0.15) is 29.7 Å². The molecule has 0 aliphatic carbocycles. The zero-order valence-corrected chi connectivity index (χ0v) is 20.6. The number of hydrogen-bond donors (Lipinski definition) is 1. The van der Waals surface area contributed by atoms with Crippen molar-refractivity contribution in [3.63, 3.8) is 0 Å². The molecule has 1 aliphatic heterocycles. The van der Waals surface area contributed by atoms with E-state index in [0.29, 0.717) is 24.7 Å². The fourth-order valence-corrected chi connectivity index (χ4v) is 5.48. The molecule has 1 heterocycles. The number of ether oxygens (including phenoxy) is 2. The number of sulfonamides is 1. The van der Waals surface area contributed by atoms with Crippen molar-refractivity contribution < 1.29 is 27.1 Å². The van der Waals surface area contributed by atoms with Crippen molar-refractivity contribution in [1.82, 2.24) is 5.32 Å². The quantitative estimate of drug-likeness (QED) is 0.526. The molecule has 0 aromatic heterocycles. The van der Waals surface area contributed by atoms with Crippen LogP contribution in [0.2, 0.25) is 0 Å². The Bertz CT molecular complexity index is 1340. The molecule has 1 amide bonds. The Morgan fingerprint density at radius 1 is 1.00 bits per heavy atom. The topological polar surface area (TPSA) is 84.9 Å². The number of carbonyl (C=O) groups excluding carboxylic acids is 1. The van der Waals surface area contributed by atoms with Crippen molar-refractivity contribution in [2.75, 3.05) is 24.1 Å². The SMILES string of the molecule is Cc1ccc([C@@H](C)NC(=O)CN(c2ccc(F)cc2)S(=O)(=O)c2ccc3c(c2)OCCO3)c(C)c1. The fourth-order valence-electron chi connectivity index (χ4n) is 4.04. The first-order chi connectivity index (χ1) is 16.6. The Kier molecular flexibility index (Phi) is 6.98. The molecule has 1 aliphatic rings. The molecule has 35 heavy (non-hydrogen) atoms. The lowest BCUT2D eigenvalue weighted by Crippen LogP contribution is -2.41. The second-order valence-electron chi connectivity index (χ2n) is 8.44. The average molecular weight is 499 g/mol. The van der Waals surface area contributed by atoms with Crippen LogP contribution in [0.5, 0.6) is 11.5 Å². The molecule has 0 saturated carbocycles. The third-order valence-corrected chi connectivity index (χ3v) is 7.54. The monoisotopic (exact) mass is 498 g/mol. The summed E-state index contributed by atoms with van der Waals surface area (Å²) in [6.45, 7) is 5.98. The van der Waals surface area contributed by atoms with Crippen LogP contribution in [0.15, 0.2) is 65.6 Å². The van der Waals surface area contributed by atoms with Gasteiger partial charge in [0.15, 0.2) is 11.5 Å². The lowest BCUT2D eigenvalue weighted by atomic mass is 10.0. The molecule has 0 bridgehead atoms. The number of carbonyl (C=O) groups is 1. The Morgan fingerprint density at radius 3 is 2.37 bits per heavy atom. The first-order valence-corrected chi connectivity index (χ1v) is 12.6. The third-order valence-electron chi connectivity index (χ3n) is 5.77. The minimum atomic E-state index is -4.20. The number of nitrogens with one attached hydrogen (secondary N) is 1. The second kappa shape index (κ2) is 9.95. The van der Waals surface area contributed by atoms with Gasteiger partial charge in [0.25, 0.3) is 10.0 Å². The van der Waals surface area contributed by atoms with Gasteiger partial charge in [-0.3, -0.25) is 9.10 Å². The highest BCUT2D eigenvalue weighted by molar-refractivity contribution is 7.92. The van der Waals surface area contributed by atoms with E-state index < -0.39 is 28.3 Å². The molecule has 184 valence electrons. The number of aryl methyl sites for hydroxylation is 2. The van der Waals surface area contributed by atoms with Crippen molar-refractivity contribution in [3.8, 4) is 11.5 Å². The van der Waals surface area contributed by atoms with Crippen molar-refractivity contribution in [1.29, 1.82) is 0 Å². The smallest absolute Gasteiger partial charge is 0.264 e. The van der Waals surface area contributed by atoms with E-state index in [2.05, 4.69) is 5.32 Å². The largest absolute Gasteiger partial charge is 0.486 e. The number of halogens is 1. The molecular weight excluding hydrogens is 471 g/mol. The average Bonchev–Trinajstić information content (AvgIpc) is 2.82. The summed E-state index contributed by atoms with van der Waals surface area (Å²) in [6.07, 6.45) is 0. The molecule has 3 aromatic rings. The predicted molar refractivity (Wildman–Crippen MR) is 131 cm³/mol. The predicted octanol–water partition coefficient (Wildman–Crippen LogP) is 4.29. The number of amides is 1. The van der Waals surface area contributed by atoms with Crippen LogP contribution in [0.4, 0.5) is 10.1 Å². The Hall–Kier alpha value is -3.59. The maximum absolute atomic E-state index is 13.6. The zero-order valence-electron chi connectivity index (χ0n) is 19.7. The Morgan fingerprint density at radius 2 is 1.69 bits per heavy atom. The van der Waals surface area contributed by atoms with Gasteiger partial charge in [0, 0.05) is 6.07 Å². The molecule has 3 aromatic carbocycles. The van der Waals surface area contributed by atoms with Gasteiger partial charge < -0.3 is 14.8 Å². The number of fused-ring (bicyclic) bond motifs is 1. The van der Waals surface area contributed by atoms with E-state index in [0.717, 1.165) is 33.1 Å². The highest BCUT2D eigenvalue weighted by atomic mass is 32.2. The van der Waals surface area contributed by atoms with E-state index in [1.807, 2.05) is 39.0 Å². The van der Waals surface area contributed by atoms with E-state index in [1.165, 1.54) is 30.3 Å². The van der Waals surface area contributed by atoms with Crippen LogP contribution in [0.25, 0.3) is 0 Å². The molecule has 0 spiro atoms. The van der Waals surface area contributed by atoms with E-state index in [-0.39, 0.29) is 16.6 Å². The summed E-state index contributed by atoms with van der Waals surface area (Å²) in [6, 6.07) is 14.8. The molecular formula is C26H27FN2O5S. The van der Waals surface area contributed by atoms with Crippen LogP contribution in [0, 0.1) is 19.7 Å². The zero-order chi connectivity index (χ0) is 25.2. The van der Waals surface area contributed by atoms with Crippen molar-refractivity contribution in [2.45, 2.75) is 31.7 Å². The third kappa shape index (κ3) is 5.40. The van der Waals surface area contributed by atoms with Gasteiger partial charge in [-0.15, -0.1) is 0 Å². The van der Waals surface area contributed by atoms with Crippen LogP contribution < -0.4 is 19.1 Å². The first kappa shape index (κ1) is 24.5. The Labute approximate surface area is 204 Å². The summed E-state index contributed by atoms with van der Waals surface area (Å²) in [5, 5.41) is 2.88. The minimum absolute atomic E-state index is 0.0682. The first-order valence-electron chi connectivity index (χ1n) is 11.2. The van der Waals surface area contributed by atoms with Crippen LogP contribution >= 0.6 is 0 Å². The van der Waals surface area contributed by atoms with Crippen LogP contribution in [0.3, 0.4) is 0 Å².